The number of carbonyl (C=O) groups is 1. The van der Waals surface area contributed by atoms with Crippen LogP contribution in [0.1, 0.15) is 6.92 Å². The second-order valence-electron chi connectivity index (χ2n) is 7.93. The van der Waals surface area contributed by atoms with Gasteiger partial charge < -0.3 is 20.7 Å². The molecular formula is C23H26N8O2S. The molecule has 4 heterocycles. The Bertz CT molecular complexity index is 1250. The molecule has 0 atom stereocenters. The van der Waals surface area contributed by atoms with Gasteiger partial charge in [0, 0.05) is 49.9 Å². The van der Waals surface area contributed by atoms with E-state index in [0.29, 0.717) is 17.3 Å². The van der Waals surface area contributed by atoms with Crippen LogP contribution in [0.3, 0.4) is 0 Å². The van der Waals surface area contributed by atoms with Gasteiger partial charge in [-0.2, -0.15) is 21.3 Å². The first-order chi connectivity index (χ1) is 16.7. The van der Waals surface area contributed by atoms with Gasteiger partial charge >= 0.3 is 0 Å². The number of thiophene rings is 1. The molecule has 0 bridgehead atoms. The van der Waals surface area contributed by atoms with Gasteiger partial charge in [-0.05, 0) is 35.7 Å². The van der Waals surface area contributed by atoms with Gasteiger partial charge in [0.25, 0.3) is 0 Å². The third-order valence-corrected chi connectivity index (χ3v) is 6.13. The van der Waals surface area contributed by atoms with Crippen LogP contribution in [-0.4, -0.2) is 69.7 Å². The number of morpholine rings is 1. The number of nitrogens with zero attached hydrogens (tertiary/aromatic N) is 5. The number of anilines is 4. The van der Waals surface area contributed by atoms with E-state index in [1.807, 2.05) is 40.3 Å². The number of ether oxygens (including phenoxy) is 1. The fourth-order valence-corrected chi connectivity index (χ4v) is 4.41. The lowest BCUT2D eigenvalue weighted by atomic mass is 10.2. The molecular weight excluding hydrogens is 452 g/mol. The van der Waals surface area contributed by atoms with Gasteiger partial charge in [-0.25, -0.2) is 4.98 Å². The maximum absolute atomic E-state index is 11.3. The van der Waals surface area contributed by atoms with Crippen LogP contribution in [0.4, 0.5) is 23.1 Å². The molecule has 1 aliphatic rings. The van der Waals surface area contributed by atoms with Gasteiger partial charge in [-0.3, -0.25) is 14.3 Å². The van der Waals surface area contributed by atoms with Crippen molar-refractivity contribution in [3.8, 4) is 5.69 Å². The summed E-state index contributed by atoms with van der Waals surface area (Å²) in [4.78, 5) is 27.7. The number of amides is 1. The lowest BCUT2D eigenvalue weighted by Gasteiger charge is -2.26. The van der Waals surface area contributed by atoms with Crippen molar-refractivity contribution in [3.05, 3.63) is 47.4 Å². The number of rotatable bonds is 8. The van der Waals surface area contributed by atoms with Crippen LogP contribution in [0.15, 0.2) is 47.4 Å². The molecule has 1 fully saturated rings. The van der Waals surface area contributed by atoms with Gasteiger partial charge in [0.1, 0.15) is 6.33 Å². The van der Waals surface area contributed by atoms with Crippen molar-refractivity contribution < 1.29 is 9.53 Å². The lowest BCUT2D eigenvalue weighted by molar-refractivity contribution is -0.114. The molecule has 3 N–H and O–H groups in total. The standard InChI is InChI=1S/C23H26N8O2S/c1-16(32)26-17-2-4-18(5-3-17)27-21-20-22(31(15-25-20)19-6-13-34-14-19)29-23(28-21)24-7-8-30-9-11-33-12-10-30/h2-6,13-15H,7-12H2,1H3,(H,26,32)(H2,24,27,28,29). The maximum atomic E-state index is 11.3. The number of imidazole rings is 1. The Morgan fingerprint density at radius 1 is 1.12 bits per heavy atom. The first-order valence-corrected chi connectivity index (χ1v) is 12.1. The molecule has 11 heteroatoms. The van der Waals surface area contributed by atoms with Crippen LogP contribution in [0.2, 0.25) is 0 Å². The van der Waals surface area contributed by atoms with E-state index < -0.39 is 0 Å². The molecule has 1 saturated heterocycles. The predicted molar refractivity (Wildman–Crippen MR) is 134 cm³/mol. The summed E-state index contributed by atoms with van der Waals surface area (Å²) in [6, 6.07) is 9.50. The van der Waals surface area contributed by atoms with E-state index in [1.165, 1.54) is 6.92 Å². The number of benzene rings is 1. The van der Waals surface area contributed by atoms with Crippen molar-refractivity contribution in [1.29, 1.82) is 0 Å². The molecule has 4 aromatic rings. The molecule has 0 radical (unpaired) electrons. The van der Waals surface area contributed by atoms with Crippen LogP contribution < -0.4 is 16.0 Å². The second-order valence-corrected chi connectivity index (χ2v) is 8.71. The van der Waals surface area contributed by atoms with E-state index in [-0.39, 0.29) is 5.91 Å². The number of aromatic nitrogens is 4. The van der Waals surface area contributed by atoms with E-state index in [1.54, 1.807) is 17.7 Å². The first kappa shape index (κ1) is 22.3. The molecule has 34 heavy (non-hydrogen) atoms. The Morgan fingerprint density at radius 2 is 1.91 bits per heavy atom. The van der Waals surface area contributed by atoms with E-state index in [4.69, 9.17) is 14.7 Å². The van der Waals surface area contributed by atoms with Crippen molar-refractivity contribution in [2.24, 2.45) is 0 Å². The summed E-state index contributed by atoms with van der Waals surface area (Å²) in [6.45, 7) is 6.53. The summed E-state index contributed by atoms with van der Waals surface area (Å²) in [5.74, 6) is 1.04. The molecule has 10 nitrogen and oxygen atoms in total. The summed E-state index contributed by atoms with van der Waals surface area (Å²) in [5.41, 5.74) is 3.98. The van der Waals surface area contributed by atoms with E-state index in [9.17, 15) is 4.79 Å². The largest absolute Gasteiger partial charge is 0.379 e. The highest BCUT2D eigenvalue weighted by Gasteiger charge is 2.16. The molecule has 5 rings (SSSR count). The minimum atomic E-state index is -0.106. The van der Waals surface area contributed by atoms with Gasteiger partial charge in [0.2, 0.25) is 11.9 Å². The van der Waals surface area contributed by atoms with Crippen molar-refractivity contribution >= 4 is 51.5 Å². The number of carbonyl (C=O) groups excluding carboxylic acids is 1. The molecule has 3 aromatic heterocycles. The highest BCUT2D eigenvalue weighted by atomic mass is 32.1. The van der Waals surface area contributed by atoms with E-state index in [0.717, 1.165) is 62.1 Å². The van der Waals surface area contributed by atoms with Gasteiger partial charge in [0.15, 0.2) is 17.0 Å². The molecule has 1 amide bonds. The van der Waals surface area contributed by atoms with Crippen molar-refractivity contribution in [1.82, 2.24) is 24.4 Å². The smallest absolute Gasteiger partial charge is 0.226 e. The Morgan fingerprint density at radius 3 is 2.65 bits per heavy atom. The first-order valence-electron chi connectivity index (χ1n) is 11.1. The van der Waals surface area contributed by atoms with Crippen molar-refractivity contribution in [2.75, 3.05) is 55.3 Å². The van der Waals surface area contributed by atoms with E-state index >= 15 is 0 Å². The zero-order valence-electron chi connectivity index (χ0n) is 18.8. The summed E-state index contributed by atoms with van der Waals surface area (Å²) in [7, 11) is 0. The van der Waals surface area contributed by atoms with Crippen molar-refractivity contribution in [2.45, 2.75) is 6.92 Å². The highest BCUT2D eigenvalue weighted by Crippen LogP contribution is 2.27. The van der Waals surface area contributed by atoms with Crippen LogP contribution in [-0.2, 0) is 9.53 Å². The van der Waals surface area contributed by atoms with Gasteiger partial charge in [0.05, 0.1) is 18.9 Å². The summed E-state index contributed by atoms with van der Waals surface area (Å²) < 4.78 is 7.39. The third-order valence-electron chi connectivity index (χ3n) is 5.46. The zero-order valence-corrected chi connectivity index (χ0v) is 19.6. The Hall–Kier alpha value is -3.54. The quantitative estimate of drug-likeness (QED) is 0.354. The topological polar surface area (TPSA) is 109 Å². The summed E-state index contributed by atoms with van der Waals surface area (Å²) in [5, 5.41) is 13.6. The highest BCUT2D eigenvalue weighted by molar-refractivity contribution is 7.08. The minimum Gasteiger partial charge on any atom is -0.379 e. The molecule has 176 valence electrons. The molecule has 0 spiro atoms. The fraction of sp³-hybridized carbons (Fsp3) is 0.304. The minimum absolute atomic E-state index is 0.106. The Kier molecular flexibility index (Phi) is 6.65. The summed E-state index contributed by atoms with van der Waals surface area (Å²) >= 11 is 1.62. The van der Waals surface area contributed by atoms with Crippen LogP contribution in [0.5, 0.6) is 0 Å². The van der Waals surface area contributed by atoms with Gasteiger partial charge in [-0.1, -0.05) is 0 Å². The lowest BCUT2D eigenvalue weighted by Crippen LogP contribution is -2.39. The van der Waals surface area contributed by atoms with Crippen molar-refractivity contribution in [3.63, 3.8) is 0 Å². The average Bonchev–Trinajstić information content (AvgIpc) is 3.51. The molecule has 0 unspecified atom stereocenters. The molecule has 0 aliphatic carbocycles. The molecule has 0 saturated carbocycles. The third kappa shape index (κ3) is 5.16. The van der Waals surface area contributed by atoms with Crippen LogP contribution in [0, 0.1) is 0 Å². The van der Waals surface area contributed by atoms with E-state index in [2.05, 4.69) is 31.2 Å². The van der Waals surface area contributed by atoms with Gasteiger partial charge in [-0.15, -0.1) is 0 Å². The number of hydrogen-bond donors (Lipinski definition) is 3. The average molecular weight is 479 g/mol. The number of fused-ring (bicyclic) bond motifs is 1. The number of hydrogen-bond acceptors (Lipinski definition) is 9. The second kappa shape index (κ2) is 10.2. The fourth-order valence-electron chi connectivity index (χ4n) is 3.78. The SMILES string of the molecule is CC(=O)Nc1ccc(Nc2nc(NCCN3CCOCC3)nc3c2ncn3-c2ccsc2)cc1. The maximum Gasteiger partial charge on any atom is 0.226 e. The monoisotopic (exact) mass is 478 g/mol. The number of nitrogens with one attached hydrogen (secondary N) is 3. The Balaban J connectivity index is 1.41. The molecule has 1 aromatic carbocycles. The zero-order chi connectivity index (χ0) is 23.3. The summed E-state index contributed by atoms with van der Waals surface area (Å²) in [6.07, 6.45) is 1.77. The normalized spacial score (nSPS) is 14.3. The Labute approximate surface area is 201 Å². The van der Waals surface area contributed by atoms with Crippen LogP contribution >= 0.6 is 11.3 Å². The predicted octanol–water partition coefficient (Wildman–Crippen LogP) is 3.32. The molecule has 1 aliphatic heterocycles. The van der Waals surface area contributed by atoms with Crippen LogP contribution in [0.25, 0.3) is 16.9 Å².